The minimum atomic E-state index is 0.901. The van der Waals surface area contributed by atoms with Crippen molar-refractivity contribution < 1.29 is 4.79 Å². The predicted molar refractivity (Wildman–Crippen MR) is 198 cm³/mol. The Morgan fingerprint density at radius 2 is 0.889 bits per heavy atom. The van der Waals surface area contributed by atoms with Crippen molar-refractivity contribution in [3.8, 4) is 0 Å². The first-order valence-electron chi connectivity index (χ1n) is 19.0. The Morgan fingerprint density at radius 1 is 0.489 bits per heavy atom. The van der Waals surface area contributed by atoms with E-state index in [1.165, 1.54) is 122 Å². The predicted octanol–water partition coefficient (Wildman–Crippen LogP) is 13.2. The Morgan fingerprint density at radius 3 is 1.29 bits per heavy atom. The largest absolute Gasteiger partial charge is 0.348 e. The van der Waals surface area contributed by atoms with Crippen molar-refractivity contribution in [1.82, 2.24) is 0 Å². The first-order chi connectivity index (χ1) is 22.0. The van der Waals surface area contributed by atoms with Crippen LogP contribution >= 0.6 is 0 Å². The van der Waals surface area contributed by atoms with Crippen molar-refractivity contribution >= 4 is 11.4 Å². The molecule has 0 radical (unpaired) electrons. The van der Waals surface area contributed by atoms with Crippen molar-refractivity contribution in [3.63, 3.8) is 0 Å². The van der Waals surface area contributed by atoms with Gasteiger partial charge >= 0.3 is 5.87 Å². The zero-order valence-corrected chi connectivity index (χ0v) is 30.2. The summed E-state index contributed by atoms with van der Waals surface area (Å²) in [5.74, 6) is 3.12. The maximum atomic E-state index is 9.87. The van der Waals surface area contributed by atoms with Crippen LogP contribution in [0.3, 0.4) is 0 Å². The third-order valence-electron chi connectivity index (χ3n) is 9.12. The average Bonchev–Trinajstić information content (AvgIpc) is 3.04. The van der Waals surface area contributed by atoms with Gasteiger partial charge < -0.3 is 5.53 Å². The van der Waals surface area contributed by atoms with Gasteiger partial charge in [0.25, 0.3) is 0 Å². The minimum absolute atomic E-state index is 0.901. The van der Waals surface area contributed by atoms with Crippen molar-refractivity contribution in [2.45, 2.75) is 176 Å². The van der Waals surface area contributed by atoms with E-state index < -0.39 is 0 Å². The first kappa shape index (κ1) is 38.5. The number of unbranched alkanes of at least 4 members (excludes halogenated alkanes) is 9. The summed E-state index contributed by atoms with van der Waals surface area (Å²) in [4.78, 5) is 3.54. The molecule has 248 valence electrons. The second-order valence-corrected chi connectivity index (χ2v) is 13.3. The van der Waals surface area contributed by atoms with E-state index in [-0.39, 0.29) is 0 Å². The van der Waals surface area contributed by atoms with E-state index in [1.807, 2.05) is 0 Å². The Kier molecular flexibility index (Phi) is 20.2. The fourth-order valence-corrected chi connectivity index (χ4v) is 6.49. The Balaban J connectivity index is 2.98. The van der Waals surface area contributed by atoms with Gasteiger partial charge in [-0.3, -0.25) is 0 Å². The number of allylic oxidation sites excluding steroid dienone is 2. The molecule has 0 N–H and O–H groups in total. The summed E-state index contributed by atoms with van der Waals surface area (Å²) in [5.41, 5.74) is 22.2. The van der Waals surface area contributed by atoms with E-state index in [9.17, 15) is 5.53 Å². The van der Waals surface area contributed by atoms with Crippen molar-refractivity contribution in [3.05, 3.63) is 86.5 Å². The number of rotatable bonds is 24. The quantitative estimate of drug-likeness (QED) is 0.0373. The molecule has 2 aromatic rings. The van der Waals surface area contributed by atoms with Gasteiger partial charge in [0, 0.05) is 0 Å². The van der Waals surface area contributed by atoms with Gasteiger partial charge in [-0.2, -0.15) is 0 Å². The summed E-state index contributed by atoms with van der Waals surface area (Å²) >= 11 is 0. The highest BCUT2D eigenvalue weighted by Gasteiger charge is 2.20. The van der Waals surface area contributed by atoms with E-state index >= 15 is 0 Å². The minimum Gasteiger partial charge on any atom is -0.348 e. The Labute approximate surface area is 278 Å². The summed E-state index contributed by atoms with van der Waals surface area (Å²) in [6.45, 7) is 13.7. The molecule has 0 aromatic heterocycles. The topological polar surface area (TPSA) is 36.4 Å². The molecule has 0 spiro atoms. The Bertz CT molecular complexity index is 1180. The van der Waals surface area contributed by atoms with Crippen LogP contribution in [0.2, 0.25) is 0 Å². The molecule has 0 fully saturated rings. The number of nitrogens with zero attached hydrogens (tertiary/aromatic N) is 2. The highest BCUT2D eigenvalue weighted by Crippen LogP contribution is 2.37. The summed E-state index contributed by atoms with van der Waals surface area (Å²) in [6, 6.07) is 15.0. The lowest BCUT2D eigenvalue weighted by molar-refractivity contribution is 0.00739. The molecule has 2 aromatic carbocycles. The van der Waals surface area contributed by atoms with Crippen molar-refractivity contribution in [2.24, 2.45) is 0 Å². The molecule has 2 nitrogen and oxygen atoms in total. The molecular formula is C43H66N2. The van der Waals surface area contributed by atoms with E-state index in [1.54, 1.807) is 0 Å². The molecule has 45 heavy (non-hydrogen) atoms. The number of hydrogen-bond acceptors (Lipinski definition) is 0. The summed E-state index contributed by atoms with van der Waals surface area (Å²) in [7, 11) is 0. The van der Waals surface area contributed by atoms with Gasteiger partial charge in [-0.05, 0) is 122 Å². The lowest BCUT2D eigenvalue weighted by Crippen LogP contribution is -2.04. The van der Waals surface area contributed by atoms with Crippen LogP contribution < -0.4 is 0 Å². The van der Waals surface area contributed by atoms with Crippen LogP contribution in [0.4, 0.5) is 0 Å². The van der Waals surface area contributed by atoms with Crippen LogP contribution in [0.15, 0.2) is 47.5 Å². The van der Waals surface area contributed by atoms with E-state index in [0.29, 0.717) is 0 Å². The van der Waals surface area contributed by atoms with Gasteiger partial charge in [0.2, 0.25) is 0 Å². The van der Waals surface area contributed by atoms with Gasteiger partial charge in [0.15, 0.2) is 0 Å². The molecule has 0 aliphatic rings. The fourth-order valence-electron chi connectivity index (χ4n) is 6.49. The average molecular weight is 611 g/mol. The van der Waals surface area contributed by atoms with Gasteiger partial charge in [-0.15, -0.1) is 4.79 Å². The molecule has 0 saturated carbocycles. The molecule has 0 aliphatic heterocycles. The molecule has 0 bridgehead atoms. The monoisotopic (exact) mass is 611 g/mol. The lowest BCUT2D eigenvalue weighted by Gasteiger charge is -2.21. The molecule has 0 saturated heterocycles. The maximum absolute atomic E-state index is 9.87. The number of hydrogen-bond donors (Lipinski definition) is 0. The van der Waals surface area contributed by atoms with E-state index in [4.69, 9.17) is 0 Å². The standard InChI is InChI=1S/C43H66N2/c1-7-13-19-24-37-29-38(25-20-14-8-2)33-41(32-37)43(42(27-18-12-6)39(34-45-44)26-21-15-9-3)40-30-35(22-16-10-4)28-36(31-40)23-17-11-5/h28-33H,7-27H2,1-6H3. The van der Waals surface area contributed by atoms with Gasteiger partial charge in [-0.25, -0.2) is 0 Å². The first-order valence-corrected chi connectivity index (χ1v) is 19.0. The van der Waals surface area contributed by atoms with Crippen LogP contribution in [-0.2, 0) is 25.7 Å². The van der Waals surface area contributed by atoms with Crippen molar-refractivity contribution in [2.75, 3.05) is 0 Å². The Hall–Kier alpha value is -2.66. The van der Waals surface area contributed by atoms with Crippen LogP contribution in [0.5, 0.6) is 0 Å². The van der Waals surface area contributed by atoms with Gasteiger partial charge in [-0.1, -0.05) is 136 Å². The smallest absolute Gasteiger partial charge is 0.303 e. The van der Waals surface area contributed by atoms with Crippen LogP contribution in [0.1, 0.15) is 184 Å². The molecule has 0 amide bonds. The third kappa shape index (κ3) is 14.1. The molecule has 0 atom stereocenters. The van der Waals surface area contributed by atoms with Crippen molar-refractivity contribution in [1.29, 1.82) is 0 Å². The zero-order valence-electron chi connectivity index (χ0n) is 30.2. The second kappa shape index (κ2) is 23.6. The molecular weight excluding hydrogens is 544 g/mol. The van der Waals surface area contributed by atoms with Crippen LogP contribution in [0, 0.1) is 0 Å². The van der Waals surface area contributed by atoms with Gasteiger partial charge in [0.1, 0.15) is 0 Å². The number of aryl methyl sites for hydroxylation is 4. The number of benzene rings is 2. The fraction of sp³-hybridized carbons (Fsp3) is 0.628. The highest BCUT2D eigenvalue weighted by atomic mass is 14.8. The summed E-state index contributed by atoms with van der Waals surface area (Å²) < 4.78 is 0. The normalized spacial score (nSPS) is 11.7. The SMILES string of the molecule is CCCCCC(=C=[N+]=[N-])C(CCCC)=C(c1cc(CCCC)cc(CCCC)c1)c1cc(CCCCC)cc(CCCCC)c1. The zero-order chi connectivity index (χ0) is 32.7. The lowest BCUT2D eigenvalue weighted by atomic mass is 9.82. The molecule has 0 unspecified atom stereocenters. The van der Waals surface area contributed by atoms with Gasteiger partial charge in [0.05, 0.1) is 5.57 Å². The second-order valence-electron chi connectivity index (χ2n) is 13.3. The summed E-state index contributed by atoms with van der Waals surface area (Å²) in [6.07, 6.45) is 24.4. The highest BCUT2D eigenvalue weighted by molar-refractivity contribution is 5.87. The molecule has 0 heterocycles. The van der Waals surface area contributed by atoms with E-state index in [2.05, 4.69) is 88.6 Å². The maximum Gasteiger partial charge on any atom is 0.303 e. The molecule has 0 aliphatic carbocycles. The van der Waals surface area contributed by atoms with Crippen LogP contribution in [-0.4, -0.2) is 10.7 Å². The third-order valence-corrected chi connectivity index (χ3v) is 9.12. The molecule has 2 heteroatoms. The molecule has 2 rings (SSSR count). The summed E-state index contributed by atoms with van der Waals surface area (Å²) in [5, 5.41) is 0. The van der Waals surface area contributed by atoms with E-state index in [0.717, 1.165) is 63.4 Å². The van der Waals surface area contributed by atoms with Crippen LogP contribution in [0.25, 0.3) is 11.1 Å².